The first kappa shape index (κ1) is 13.1. The van der Waals surface area contributed by atoms with Gasteiger partial charge in [-0.15, -0.1) is 11.8 Å². The van der Waals surface area contributed by atoms with Crippen LogP contribution in [0.25, 0.3) is 0 Å². The first-order valence-corrected chi connectivity index (χ1v) is 6.53. The molecule has 88 valence electrons. The van der Waals surface area contributed by atoms with Crippen molar-refractivity contribution >= 4 is 17.7 Å². The number of benzene rings is 1. The molecule has 2 nitrogen and oxygen atoms in total. The minimum atomic E-state index is -0.0450. The number of amides is 1. The Kier molecular flexibility index (Phi) is 5.39. The van der Waals surface area contributed by atoms with Crippen LogP contribution in [-0.4, -0.2) is 17.2 Å². The maximum Gasteiger partial charge on any atom is 0.233 e. The van der Waals surface area contributed by atoms with E-state index in [-0.39, 0.29) is 17.2 Å². The lowest BCUT2D eigenvalue weighted by atomic mass is 10.2. The van der Waals surface area contributed by atoms with Crippen molar-refractivity contribution in [1.29, 1.82) is 0 Å². The third-order valence-corrected chi connectivity index (χ3v) is 3.54. The third-order valence-electron chi connectivity index (χ3n) is 2.43. The molecule has 1 amide bonds. The van der Waals surface area contributed by atoms with Gasteiger partial charge >= 0.3 is 0 Å². The van der Waals surface area contributed by atoms with Gasteiger partial charge in [-0.2, -0.15) is 0 Å². The van der Waals surface area contributed by atoms with Crippen LogP contribution in [0.3, 0.4) is 0 Å². The maximum absolute atomic E-state index is 11.8. The van der Waals surface area contributed by atoms with Gasteiger partial charge < -0.3 is 5.32 Å². The molecule has 0 saturated heterocycles. The zero-order chi connectivity index (χ0) is 12.0. The molecular formula is C13H19NOS. The van der Waals surface area contributed by atoms with Crippen molar-refractivity contribution in [2.24, 2.45) is 0 Å². The summed E-state index contributed by atoms with van der Waals surface area (Å²) in [4.78, 5) is 12.9. The van der Waals surface area contributed by atoms with Crippen molar-refractivity contribution in [3.8, 4) is 0 Å². The Balaban J connectivity index is 2.46. The second-order valence-corrected chi connectivity index (χ2v) is 5.31. The number of thioether (sulfide) groups is 1. The van der Waals surface area contributed by atoms with Gasteiger partial charge in [0, 0.05) is 10.9 Å². The van der Waals surface area contributed by atoms with Gasteiger partial charge in [0.25, 0.3) is 0 Å². The van der Waals surface area contributed by atoms with Gasteiger partial charge in [0.15, 0.2) is 0 Å². The van der Waals surface area contributed by atoms with Gasteiger partial charge in [-0.3, -0.25) is 4.79 Å². The van der Waals surface area contributed by atoms with Gasteiger partial charge in [-0.25, -0.2) is 0 Å². The predicted molar refractivity (Wildman–Crippen MR) is 69.7 cm³/mol. The summed E-state index contributed by atoms with van der Waals surface area (Å²) in [7, 11) is 0. The van der Waals surface area contributed by atoms with Crippen LogP contribution in [0.1, 0.15) is 27.2 Å². The van der Waals surface area contributed by atoms with Crippen LogP contribution in [0.2, 0.25) is 0 Å². The fourth-order valence-corrected chi connectivity index (χ4v) is 2.12. The van der Waals surface area contributed by atoms with E-state index >= 15 is 0 Å². The highest BCUT2D eigenvalue weighted by Gasteiger charge is 2.15. The molecule has 0 aliphatic rings. The molecule has 0 aromatic heterocycles. The fourth-order valence-electron chi connectivity index (χ4n) is 1.22. The molecule has 0 aliphatic heterocycles. The zero-order valence-electron chi connectivity index (χ0n) is 10.1. The van der Waals surface area contributed by atoms with Gasteiger partial charge in [0.05, 0.1) is 5.25 Å². The smallest absolute Gasteiger partial charge is 0.233 e. The highest BCUT2D eigenvalue weighted by atomic mass is 32.2. The lowest BCUT2D eigenvalue weighted by Crippen LogP contribution is -2.37. The molecule has 0 radical (unpaired) electrons. The monoisotopic (exact) mass is 237 g/mol. The number of nitrogens with one attached hydrogen (secondary N) is 1. The number of hydrogen-bond acceptors (Lipinski definition) is 2. The first-order chi connectivity index (χ1) is 7.63. The summed E-state index contributed by atoms with van der Waals surface area (Å²) < 4.78 is 0. The van der Waals surface area contributed by atoms with Crippen LogP contribution in [0, 0.1) is 0 Å². The molecule has 3 heteroatoms. The van der Waals surface area contributed by atoms with E-state index < -0.39 is 0 Å². The summed E-state index contributed by atoms with van der Waals surface area (Å²) in [6.45, 7) is 6.03. The topological polar surface area (TPSA) is 29.1 Å². The van der Waals surface area contributed by atoms with E-state index in [1.54, 1.807) is 11.8 Å². The van der Waals surface area contributed by atoms with E-state index in [1.807, 2.05) is 44.2 Å². The van der Waals surface area contributed by atoms with Crippen molar-refractivity contribution in [3.05, 3.63) is 30.3 Å². The summed E-state index contributed by atoms with van der Waals surface area (Å²) in [6.07, 6.45) is 0.967. The van der Waals surface area contributed by atoms with Crippen molar-refractivity contribution in [2.75, 3.05) is 0 Å². The molecule has 0 unspecified atom stereocenters. The lowest BCUT2D eigenvalue weighted by molar-refractivity contribution is -0.120. The standard InChI is InChI=1S/C13H19NOS/c1-4-10(2)14-13(15)11(3)16-12-8-6-5-7-9-12/h5-11H,4H2,1-3H3,(H,14,15)/t10-,11+/m1/s1. The normalized spacial score (nSPS) is 14.2. The maximum atomic E-state index is 11.8. The Hall–Kier alpha value is -0.960. The predicted octanol–water partition coefficient (Wildman–Crippen LogP) is 3.08. The molecule has 1 N–H and O–H groups in total. The van der Waals surface area contributed by atoms with Crippen LogP contribution < -0.4 is 5.32 Å². The molecule has 2 atom stereocenters. The average Bonchev–Trinajstić information content (AvgIpc) is 2.30. The number of hydrogen-bond donors (Lipinski definition) is 1. The summed E-state index contributed by atoms with van der Waals surface area (Å²) in [5.41, 5.74) is 0. The first-order valence-electron chi connectivity index (χ1n) is 5.65. The summed E-state index contributed by atoms with van der Waals surface area (Å²) in [5, 5.41) is 2.94. The quantitative estimate of drug-likeness (QED) is 0.797. The van der Waals surface area contributed by atoms with Crippen molar-refractivity contribution in [3.63, 3.8) is 0 Å². The number of carbonyl (C=O) groups is 1. The number of carbonyl (C=O) groups excluding carboxylic acids is 1. The molecule has 1 rings (SSSR count). The van der Waals surface area contributed by atoms with Crippen LogP contribution >= 0.6 is 11.8 Å². The largest absolute Gasteiger partial charge is 0.353 e. The lowest BCUT2D eigenvalue weighted by Gasteiger charge is -2.15. The molecule has 0 heterocycles. The van der Waals surface area contributed by atoms with Crippen LogP contribution in [0.15, 0.2) is 35.2 Å². The van der Waals surface area contributed by atoms with Crippen molar-refractivity contribution < 1.29 is 4.79 Å². The van der Waals surface area contributed by atoms with Gasteiger partial charge in [0.1, 0.15) is 0 Å². The van der Waals surface area contributed by atoms with Crippen molar-refractivity contribution in [2.45, 2.75) is 43.4 Å². The highest BCUT2D eigenvalue weighted by Crippen LogP contribution is 2.22. The average molecular weight is 237 g/mol. The van der Waals surface area contributed by atoms with E-state index in [0.29, 0.717) is 0 Å². The van der Waals surface area contributed by atoms with E-state index in [1.165, 1.54) is 0 Å². The third kappa shape index (κ3) is 4.27. The Morgan fingerprint density at radius 3 is 2.50 bits per heavy atom. The molecule has 0 aliphatic carbocycles. The molecule has 1 aromatic carbocycles. The van der Waals surface area contributed by atoms with Crippen LogP contribution in [0.4, 0.5) is 0 Å². The van der Waals surface area contributed by atoms with E-state index in [4.69, 9.17) is 0 Å². The number of rotatable bonds is 5. The molecule has 1 aromatic rings. The summed E-state index contributed by atoms with van der Waals surface area (Å²) >= 11 is 1.59. The highest BCUT2D eigenvalue weighted by molar-refractivity contribution is 8.00. The van der Waals surface area contributed by atoms with Gasteiger partial charge in [-0.05, 0) is 32.4 Å². The van der Waals surface area contributed by atoms with E-state index in [9.17, 15) is 4.79 Å². The van der Waals surface area contributed by atoms with Crippen molar-refractivity contribution in [1.82, 2.24) is 5.32 Å². The zero-order valence-corrected chi connectivity index (χ0v) is 10.9. The van der Waals surface area contributed by atoms with Gasteiger partial charge in [-0.1, -0.05) is 25.1 Å². The molecule has 0 fully saturated rings. The second-order valence-electron chi connectivity index (χ2n) is 3.89. The molecule has 0 spiro atoms. The van der Waals surface area contributed by atoms with Gasteiger partial charge in [0.2, 0.25) is 5.91 Å². The van der Waals surface area contributed by atoms with Crippen LogP contribution in [-0.2, 0) is 4.79 Å². The minimum Gasteiger partial charge on any atom is -0.353 e. The summed E-state index contributed by atoms with van der Waals surface area (Å²) in [6, 6.07) is 10.3. The summed E-state index contributed by atoms with van der Waals surface area (Å²) in [5.74, 6) is 0.114. The SMILES string of the molecule is CC[C@@H](C)NC(=O)[C@H](C)Sc1ccccc1. The Morgan fingerprint density at radius 2 is 1.94 bits per heavy atom. The molecular weight excluding hydrogens is 218 g/mol. The Labute approximate surface area is 102 Å². The van der Waals surface area contributed by atoms with E-state index in [2.05, 4.69) is 12.2 Å². The Bertz CT molecular complexity index is 326. The van der Waals surface area contributed by atoms with Crippen LogP contribution in [0.5, 0.6) is 0 Å². The molecule has 0 saturated carbocycles. The second kappa shape index (κ2) is 6.59. The Morgan fingerprint density at radius 1 is 1.31 bits per heavy atom. The molecule has 16 heavy (non-hydrogen) atoms. The minimum absolute atomic E-state index is 0.0450. The van der Waals surface area contributed by atoms with E-state index in [0.717, 1.165) is 11.3 Å². The fraction of sp³-hybridized carbons (Fsp3) is 0.462. The molecule has 0 bridgehead atoms.